The normalized spacial score (nSPS) is 16.7. The Morgan fingerprint density at radius 3 is 2.71 bits per heavy atom. The van der Waals surface area contributed by atoms with Gasteiger partial charge in [-0.05, 0) is 59.0 Å². The number of carbonyl (C=O) groups excluding carboxylic acids is 1. The van der Waals surface area contributed by atoms with E-state index in [-0.39, 0.29) is 36.1 Å². The molecule has 2 N–H and O–H groups in total. The second kappa shape index (κ2) is 12.9. The quantitative estimate of drug-likeness (QED) is 0.311. The first kappa shape index (κ1) is 27.3. The highest BCUT2D eigenvalue weighted by molar-refractivity contribution is 14.0. The molecule has 2 rings (SSSR count). The Kier molecular flexibility index (Phi) is 11.4. The Balaban J connectivity index is 0.00000480. The zero-order valence-corrected chi connectivity index (χ0v) is 21.9. The summed E-state index contributed by atoms with van der Waals surface area (Å²) in [5, 5.41) is 6.36. The molecule has 176 valence electrons. The van der Waals surface area contributed by atoms with E-state index in [9.17, 15) is 4.79 Å². The minimum atomic E-state index is -0.495. The summed E-state index contributed by atoms with van der Waals surface area (Å²) in [6.45, 7) is 9.30. The van der Waals surface area contributed by atoms with E-state index in [0.29, 0.717) is 19.7 Å². The highest BCUT2D eigenvalue weighted by Crippen LogP contribution is 2.15. The molecule has 1 unspecified atom stereocenters. The van der Waals surface area contributed by atoms with Crippen LogP contribution in [0.4, 0.5) is 4.79 Å². The van der Waals surface area contributed by atoms with Crippen molar-refractivity contribution in [1.29, 1.82) is 0 Å². The van der Waals surface area contributed by atoms with Crippen molar-refractivity contribution in [2.75, 3.05) is 47.4 Å². The second-order valence-corrected chi connectivity index (χ2v) is 8.78. The Morgan fingerprint density at radius 2 is 2.06 bits per heavy atom. The van der Waals surface area contributed by atoms with Gasteiger partial charge in [0.1, 0.15) is 18.0 Å². The molecule has 1 aliphatic rings. The molecule has 1 atom stereocenters. The molecule has 9 heteroatoms. The van der Waals surface area contributed by atoms with Crippen molar-refractivity contribution in [2.24, 2.45) is 4.99 Å². The van der Waals surface area contributed by atoms with Crippen LogP contribution in [0.2, 0.25) is 0 Å². The van der Waals surface area contributed by atoms with Gasteiger partial charge in [0.2, 0.25) is 0 Å². The van der Waals surface area contributed by atoms with Gasteiger partial charge >= 0.3 is 6.09 Å². The molecule has 1 aromatic carbocycles. The molecule has 1 amide bonds. The Labute approximate surface area is 203 Å². The number of nitrogens with one attached hydrogen (secondary N) is 2. The van der Waals surface area contributed by atoms with Crippen molar-refractivity contribution in [3.05, 3.63) is 29.8 Å². The number of amides is 1. The molecule has 0 aliphatic carbocycles. The van der Waals surface area contributed by atoms with Crippen LogP contribution >= 0.6 is 24.0 Å². The van der Waals surface area contributed by atoms with Crippen LogP contribution in [-0.2, 0) is 11.3 Å². The SMILES string of the molecule is CN=C(NCc1cccc(OCCN(C)C)c1)N1CCC(NC(=O)OC(C)(C)C)C1.I. The van der Waals surface area contributed by atoms with E-state index in [1.165, 1.54) is 0 Å². The number of alkyl carbamates (subject to hydrolysis) is 1. The molecule has 1 aliphatic heterocycles. The van der Waals surface area contributed by atoms with Crippen LogP contribution in [0.25, 0.3) is 0 Å². The summed E-state index contributed by atoms with van der Waals surface area (Å²) in [5.41, 5.74) is 0.631. The van der Waals surface area contributed by atoms with Gasteiger partial charge in [-0.3, -0.25) is 4.99 Å². The first-order valence-corrected chi connectivity index (χ1v) is 10.5. The fourth-order valence-corrected chi connectivity index (χ4v) is 3.15. The van der Waals surface area contributed by atoms with Gasteiger partial charge in [-0.1, -0.05) is 12.1 Å². The number of hydrogen-bond acceptors (Lipinski definition) is 5. The molecule has 1 saturated heterocycles. The number of benzene rings is 1. The number of nitrogens with zero attached hydrogens (tertiary/aromatic N) is 3. The minimum absolute atomic E-state index is 0. The van der Waals surface area contributed by atoms with Crippen LogP contribution < -0.4 is 15.4 Å². The summed E-state index contributed by atoms with van der Waals surface area (Å²) in [4.78, 5) is 20.6. The van der Waals surface area contributed by atoms with Crippen molar-refractivity contribution in [2.45, 2.75) is 45.4 Å². The maximum atomic E-state index is 12.0. The molecule has 1 fully saturated rings. The fraction of sp³-hybridized carbons (Fsp3) is 0.636. The Bertz CT molecular complexity index is 721. The average Bonchev–Trinajstić information content (AvgIpc) is 3.09. The summed E-state index contributed by atoms with van der Waals surface area (Å²) in [6, 6.07) is 8.14. The van der Waals surface area contributed by atoms with Gasteiger partial charge in [-0.2, -0.15) is 0 Å². The average molecular weight is 547 g/mol. The van der Waals surface area contributed by atoms with E-state index in [4.69, 9.17) is 9.47 Å². The van der Waals surface area contributed by atoms with Crippen molar-refractivity contribution >= 4 is 36.0 Å². The van der Waals surface area contributed by atoms with Crippen molar-refractivity contribution < 1.29 is 14.3 Å². The van der Waals surface area contributed by atoms with E-state index in [2.05, 4.69) is 31.5 Å². The molecule has 8 nitrogen and oxygen atoms in total. The van der Waals surface area contributed by atoms with Gasteiger partial charge in [0.25, 0.3) is 0 Å². The molecule has 31 heavy (non-hydrogen) atoms. The van der Waals surface area contributed by atoms with Crippen LogP contribution in [-0.4, -0.2) is 80.9 Å². The molecule has 1 heterocycles. The highest BCUT2D eigenvalue weighted by Gasteiger charge is 2.27. The highest BCUT2D eigenvalue weighted by atomic mass is 127. The van der Waals surface area contributed by atoms with Crippen LogP contribution in [0.5, 0.6) is 5.75 Å². The summed E-state index contributed by atoms with van der Waals surface area (Å²) in [6.07, 6.45) is 0.484. The van der Waals surface area contributed by atoms with Crippen molar-refractivity contribution in [3.8, 4) is 5.75 Å². The summed E-state index contributed by atoms with van der Waals surface area (Å²) >= 11 is 0. The van der Waals surface area contributed by atoms with E-state index in [0.717, 1.165) is 36.8 Å². The molecule has 0 aromatic heterocycles. The number of aliphatic imine (C=N–C) groups is 1. The number of likely N-dealkylation sites (tertiary alicyclic amines) is 1. The van der Waals surface area contributed by atoms with E-state index < -0.39 is 5.60 Å². The lowest BCUT2D eigenvalue weighted by Gasteiger charge is -2.23. The largest absolute Gasteiger partial charge is 0.492 e. The molecule has 0 radical (unpaired) electrons. The van der Waals surface area contributed by atoms with Gasteiger partial charge in [0.15, 0.2) is 5.96 Å². The second-order valence-electron chi connectivity index (χ2n) is 8.78. The van der Waals surface area contributed by atoms with Crippen molar-refractivity contribution in [3.63, 3.8) is 0 Å². The third-order valence-corrected chi connectivity index (χ3v) is 4.58. The molecule has 0 saturated carbocycles. The fourth-order valence-electron chi connectivity index (χ4n) is 3.15. The minimum Gasteiger partial charge on any atom is -0.492 e. The van der Waals surface area contributed by atoms with Crippen LogP contribution in [0, 0.1) is 0 Å². The number of halogens is 1. The smallest absolute Gasteiger partial charge is 0.407 e. The summed E-state index contributed by atoms with van der Waals surface area (Å²) in [7, 11) is 5.83. The van der Waals surface area contributed by atoms with Crippen molar-refractivity contribution in [1.82, 2.24) is 20.4 Å². The number of likely N-dealkylation sites (N-methyl/N-ethyl adjacent to an activating group) is 1. The maximum Gasteiger partial charge on any atom is 0.407 e. The number of guanidine groups is 1. The maximum absolute atomic E-state index is 12.0. The number of ether oxygens (including phenoxy) is 2. The molecular formula is C22H38IN5O3. The van der Waals surface area contributed by atoms with Crippen LogP contribution in [0.1, 0.15) is 32.8 Å². The van der Waals surface area contributed by atoms with Gasteiger partial charge in [-0.25, -0.2) is 4.79 Å². The number of rotatable bonds is 7. The topological polar surface area (TPSA) is 78.4 Å². The lowest BCUT2D eigenvalue weighted by atomic mass is 10.2. The van der Waals surface area contributed by atoms with Gasteiger partial charge < -0.3 is 29.9 Å². The van der Waals surface area contributed by atoms with Crippen LogP contribution in [0.15, 0.2) is 29.3 Å². The van der Waals surface area contributed by atoms with E-state index in [1.54, 1.807) is 7.05 Å². The molecule has 1 aromatic rings. The van der Waals surface area contributed by atoms with E-state index >= 15 is 0 Å². The molecule has 0 bridgehead atoms. The third-order valence-electron chi connectivity index (χ3n) is 4.58. The zero-order chi connectivity index (χ0) is 22.1. The Hall–Kier alpha value is -1.75. The summed E-state index contributed by atoms with van der Waals surface area (Å²) < 4.78 is 11.2. The van der Waals surface area contributed by atoms with E-state index in [1.807, 2.05) is 53.1 Å². The predicted octanol–water partition coefficient (Wildman–Crippen LogP) is 2.92. The predicted molar refractivity (Wildman–Crippen MR) is 135 cm³/mol. The third kappa shape index (κ3) is 10.4. The zero-order valence-electron chi connectivity index (χ0n) is 19.6. The standard InChI is InChI=1S/C22H37N5O3.HI/c1-22(2,3)30-21(28)25-18-10-11-27(16-18)20(23-4)24-15-17-8-7-9-19(14-17)29-13-12-26(5)6;/h7-9,14,18H,10-13,15-16H2,1-6H3,(H,23,24)(H,25,28);1H. The lowest BCUT2D eigenvalue weighted by Crippen LogP contribution is -2.44. The number of hydrogen-bond donors (Lipinski definition) is 2. The monoisotopic (exact) mass is 547 g/mol. The van der Waals surface area contributed by atoms with Gasteiger partial charge in [0.05, 0.1) is 6.04 Å². The molecular weight excluding hydrogens is 509 g/mol. The first-order chi connectivity index (χ1) is 14.2. The van der Waals surface area contributed by atoms with Gasteiger partial charge in [-0.15, -0.1) is 24.0 Å². The van der Waals surface area contributed by atoms with Gasteiger partial charge in [0, 0.05) is 33.2 Å². The lowest BCUT2D eigenvalue weighted by molar-refractivity contribution is 0.0507. The molecule has 0 spiro atoms. The van der Waals surface area contributed by atoms with Crippen LogP contribution in [0.3, 0.4) is 0 Å². The number of carbonyl (C=O) groups is 1. The summed E-state index contributed by atoms with van der Waals surface area (Å²) in [5.74, 6) is 1.69. The first-order valence-electron chi connectivity index (χ1n) is 10.5. The Morgan fingerprint density at radius 1 is 1.32 bits per heavy atom.